The number of thiazole rings is 1. The highest BCUT2D eigenvalue weighted by molar-refractivity contribution is 14.1. The molecule has 0 bridgehead atoms. The zero-order chi connectivity index (χ0) is 32.8. The van der Waals surface area contributed by atoms with Crippen LogP contribution in [0, 0.1) is 9.39 Å². The van der Waals surface area contributed by atoms with E-state index in [2.05, 4.69) is 27.6 Å². The van der Waals surface area contributed by atoms with E-state index in [0.717, 1.165) is 14.7 Å². The fraction of sp³-hybridized carbons (Fsp3) is 0.265. The van der Waals surface area contributed by atoms with Gasteiger partial charge in [-0.15, -0.1) is 0 Å². The molecule has 0 N–H and O–H groups in total. The molecule has 0 unspecified atom stereocenters. The van der Waals surface area contributed by atoms with Crippen LogP contribution in [0.25, 0.3) is 6.08 Å². The molecule has 2 heterocycles. The number of hydrogen-bond donors (Lipinski definition) is 0. The van der Waals surface area contributed by atoms with Crippen LogP contribution in [0.15, 0.2) is 76.2 Å². The van der Waals surface area contributed by atoms with Crippen molar-refractivity contribution in [2.24, 2.45) is 4.99 Å². The predicted octanol–water partition coefficient (Wildman–Crippen LogP) is 5.54. The van der Waals surface area contributed by atoms with Gasteiger partial charge in [-0.05, 0) is 103 Å². The highest BCUT2D eigenvalue weighted by atomic mass is 127. The number of benzene rings is 3. The fourth-order valence-electron chi connectivity index (χ4n) is 4.95. The summed E-state index contributed by atoms with van der Waals surface area (Å²) in [7, 11) is 1.29. The number of carbonyl (C=O) groups excluding carboxylic acids is 1. The van der Waals surface area contributed by atoms with Crippen molar-refractivity contribution in [3.05, 3.63) is 112 Å². The van der Waals surface area contributed by atoms with E-state index in [4.69, 9.17) is 23.7 Å². The van der Waals surface area contributed by atoms with E-state index in [1.165, 1.54) is 41.3 Å². The number of rotatable bonds is 12. The van der Waals surface area contributed by atoms with Gasteiger partial charge in [0, 0.05) is 6.20 Å². The quantitative estimate of drug-likeness (QED) is 0.138. The van der Waals surface area contributed by atoms with Crippen LogP contribution in [0.1, 0.15) is 43.5 Å². The van der Waals surface area contributed by atoms with Crippen LogP contribution in [0.2, 0.25) is 0 Å². The molecule has 240 valence electrons. The van der Waals surface area contributed by atoms with E-state index in [-0.39, 0.29) is 23.6 Å². The maximum Gasteiger partial charge on any atom is 0.337 e. The molecule has 5 rings (SSSR count). The maximum absolute atomic E-state index is 14.0. The van der Waals surface area contributed by atoms with E-state index >= 15 is 0 Å². The Morgan fingerprint density at radius 2 is 1.65 bits per heavy atom. The number of carbonyl (C=O) groups is 1. The van der Waals surface area contributed by atoms with Crippen molar-refractivity contribution in [1.29, 1.82) is 0 Å². The summed E-state index contributed by atoms with van der Waals surface area (Å²) >= 11 is 3.38. The average Bonchev–Trinajstić information content (AvgIpc) is 3.36. The molecule has 1 aromatic heterocycles. The molecule has 3 aromatic carbocycles. The van der Waals surface area contributed by atoms with Crippen molar-refractivity contribution in [1.82, 2.24) is 4.57 Å². The highest BCUT2D eigenvalue weighted by Gasteiger charge is 2.31. The van der Waals surface area contributed by atoms with Crippen molar-refractivity contribution >= 4 is 46.0 Å². The third-order valence-electron chi connectivity index (χ3n) is 6.93. The Hall–Kier alpha value is -4.17. The van der Waals surface area contributed by atoms with E-state index in [9.17, 15) is 14.0 Å². The number of fused-ring (bicyclic) bond motifs is 1. The summed E-state index contributed by atoms with van der Waals surface area (Å²) in [5, 5.41) is 0. The van der Waals surface area contributed by atoms with Gasteiger partial charge in [0.1, 0.15) is 12.4 Å². The maximum atomic E-state index is 14.0. The third kappa shape index (κ3) is 7.12. The van der Waals surface area contributed by atoms with Gasteiger partial charge in [-0.25, -0.2) is 14.2 Å². The lowest BCUT2D eigenvalue weighted by Crippen LogP contribution is -2.39. The number of methoxy groups -OCH3 is 1. The lowest BCUT2D eigenvalue weighted by molar-refractivity contribution is -0.136. The first kappa shape index (κ1) is 33.2. The van der Waals surface area contributed by atoms with Gasteiger partial charge in [0.25, 0.3) is 5.56 Å². The smallest absolute Gasteiger partial charge is 0.337 e. The van der Waals surface area contributed by atoms with Gasteiger partial charge in [0.15, 0.2) is 27.8 Å². The Bertz CT molecular complexity index is 1950. The Balaban J connectivity index is 1.57. The topological polar surface area (TPSA) is 97.6 Å². The minimum Gasteiger partial charge on any atom is -0.490 e. The Labute approximate surface area is 282 Å². The molecule has 1 aliphatic heterocycles. The Morgan fingerprint density at radius 3 is 2.35 bits per heavy atom. The molecule has 0 spiro atoms. The molecular formula is C34H32FIN2O7S. The summed E-state index contributed by atoms with van der Waals surface area (Å²) in [5.74, 6) is 1.22. The summed E-state index contributed by atoms with van der Waals surface area (Å²) in [4.78, 5) is 31.8. The van der Waals surface area contributed by atoms with Gasteiger partial charge in [-0.2, -0.15) is 0 Å². The van der Waals surface area contributed by atoms with Crippen LogP contribution < -0.4 is 33.8 Å². The number of esters is 1. The summed E-state index contributed by atoms with van der Waals surface area (Å²) in [5.41, 5.74) is 2.06. The van der Waals surface area contributed by atoms with Crippen LogP contribution in [-0.4, -0.2) is 37.5 Å². The zero-order valence-electron chi connectivity index (χ0n) is 25.7. The number of aromatic nitrogens is 1. The van der Waals surface area contributed by atoms with E-state index in [0.29, 0.717) is 57.7 Å². The van der Waals surface area contributed by atoms with E-state index in [1.54, 1.807) is 36.4 Å². The summed E-state index contributed by atoms with van der Waals surface area (Å²) in [6, 6.07) is 14.4. The molecule has 12 heteroatoms. The summed E-state index contributed by atoms with van der Waals surface area (Å²) < 4.78 is 44.6. The Morgan fingerprint density at radius 1 is 0.957 bits per heavy atom. The van der Waals surface area contributed by atoms with Gasteiger partial charge in [-0.3, -0.25) is 9.36 Å². The molecule has 0 amide bonds. The SMILES string of the molecule is CCOc1ccc([C@@H]2C(C(=O)OC)=CN=c3s/c(=C\c4cc(I)c(OCc5ccc(F)cc5)c(OCC)c4)c(=O)n32)cc1OCC. The van der Waals surface area contributed by atoms with Gasteiger partial charge >= 0.3 is 5.97 Å². The van der Waals surface area contributed by atoms with Gasteiger partial charge < -0.3 is 23.7 Å². The second-order valence-electron chi connectivity index (χ2n) is 9.93. The first-order valence-electron chi connectivity index (χ1n) is 14.6. The molecule has 1 aliphatic rings. The predicted molar refractivity (Wildman–Crippen MR) is 181 cm³/mol. The minimum absolute atomic E-state index is 0.212. The fourth-order valence-corrected chi connectivity index (χ4v) is 6.70. The lowest BCUT2D eigenvalue weighted by Gasteiger charge is -2.23. The molecule has 0 saturated carbocycles. The van der Waals surface area contributed by atoms with E-state index < -0.39 is 12.0 Å². The van der Waals surface area contributed by atoms with Crippen LogP contribution in [0.3, 0.4) is 0 Å². The lowest BCUT2D eigenvalue weighted by atomic mass is 9.97. The van der Waals surface area contributed by atoms with Crippen LogP contribution >= 0.6 is 33.9 Å². The van der Waals surface area contributed by atoms with Crippen molar-refractivity contribution in [2.45, 2.75) is 33.4 Å². The Kier molecular flexibility index (Phi) is 10.8. The molecule has 0 radical (unpaired) electrons. The van der Waals surface area contributed by atoms with Gasteiger partial charge in [0.2, 0.25) is 0 Å². The molecule has 0 aliphatic carbocycles. The van der Waals surface area contributed by atoms with Crippen molar-refractivity contribution in [3.8, 4) is 23.0 Å². The molecular weight excluding hydrogens is 726 g/mol. The average molecular weight is 759 g/mol. The van der Waals surface area contributed by atoms with Crippen LogP contribution in [0.5, 0.6) is 23.0 Å². The highest BCUT2D eigenvalue weighted by Crippen LogP contribution is 2.36. The van der Waals surface area contributed by atoms with Gasteiger partial charge in [-0.1, -0.05) is 29.5 Å². The molecule has 46 heavy (non-hydrogen) atoms. The first-order chi connectivity index (χ1) is 22.3. The number of halogens is 2. The largest absolute Gasteiger partial charge is 0.490 e. The minimum atomic E-state index is -0.804. The normalized spacial score (nSPS) is 14.2. The number of nitrogens with zero attached hydrogens (tertiary/aromatic N) is 2. The standard InChI is InChI=1S/C34H32FIN2O7S/c1-5-42-26-13-10-22(17-27(26)43-6-2)30-24(33(40)41-4)18-37-34-38(30)32(39)29(46-34)16-21-14-25(36)31(28(15-21)44-7-3)45-19-20-8-11-23(35)12-9-20/h8-18,30H,5-7,19H2,1-4H3/b29-16-/t30-/m1/s1. The van der Waals surface area contributed by atoms with E-state index in [1.807, 2.05) is 32.9 Å². The molecule has 1 atom stereocenters. The van der Waals surface area contributed by atoms with Crippen LogP contribution in [-0.2, 0) is 16.1 Å². The number of hydrogen-bond acceptors (Lipinski definition) is 9. The second-order valence-corrected chi connectivity index (χ2v) is 12.1. The van der Waals surface area contributed by atoms with Gasteiger partial charge in [0.05, 0.1) is 46.6 Å². The van der Waals surface area contributed by atoms with Crippen molar-refractivity contribution in [3.63, 3.8) is 0 Å². The molecule has 4 aromatic rings. The monoisotopic (exact) mass is 758 g/mol. The van der Waals surface area contributed by atoms with Crippen molar-refractivity contribution < 1.29 is 32.9 Å². The second kappa shape index (κ2) is 14.9. The first-order valence-corrected chi connectivity index (χ1v) is 16.5. The zero-order valence-corrected chi connectivity index (χ0v) is 28.6. The van der Waals surface area contributed by atoms with Crippen LogP contribution in [0.4, 0.5) is 4.39 Å². The third-order valence-corrected chi connectivity index (χ3v) is 8.73. The molecule has 9 nitrogen and oxygen atoms in total. The van der Waals surface area contributed by atoms with Crippen molar-refractivity contribution in [2.75, 3.05) is 26.9 Å². The summed E-state index contributed by atoms with van der Waals surface area (Å²) in [6.07, 6.45) is 3.21. The summed E-state index contributed by atoms with van der Waals surface area (Å²) in [6.45, 7) is 7.11. The molecule has 0 saturated heterocycles. The molecule has 0 fully saturated rings. The number of ether oxygens (including phenoxy) is 5.